The summed E-state index contributed by atoms with van der Waals surface area (Å²) < 4.78 is 5.30. The number of nitrogens with zero attached hydrogens (tertiary/aromatic N) is 4. The second-order valence-electron chi connectivity index (χ2n) is 9.84. The summed E-state index contributed by atoms with van der Waals surface area (Å²) in [5.74, 6) is 7.02. The van der Waals surface area contributed by atoms with Gasteiger partial charge in [0.05, 0.1) is 36.0 Å². The van der Waals surface area contributed by atoms with Gasteiger partial charge in [0.2, 0.25) is 5.91 Å². The lowest BCUT2D eigenvalue weighted by Gasteiger charge is -2.53. The molecule has 7 N–H and O–H groups in total. The minimum absolute atomic E-state index is 0.210. The average Bonchev–Trinajstić information content (AvgIpc) is 3.35. The second kappa shape index (κ2) is 9.45. The second-order valence-corrected chi connectivity index (χ2v) is 9.84. The van der Waals surface area contributed by atoms with E-state index >= 15 is 0 Å². The Bertz CT molecular complexity index is 1270. The van der Waals surface area contributed by atoms with Crippen LogP contribution in [0.3, 0.4) is 0 Å². The number of anilines is 1. The summed E-state index contributed by atoms with van der Waals surface area (Å²) in [7, 11) is 1.65. The summed E-state index contributed by atoms with van der Waals surface area (Å²) in [6.45, 7) is 3.98. The van der Waals surface area contributed by atoms with Crippen LogP contribution in [0.4, 0.5) is 5.69 Å². The Balaban J connectivity index is 1.44. The standard InChI is InChI=1S/C26H34N8O2/c1-26(11-9-19(24(27)35)16-32(26)15-17-3-7-21(36-2)8-4-17)23-10-12-33(25(28)34(23)29)20-6-5-18-14-30-31-22(18)13-20/h3-8,10,13-14,19,25H,9,11-12,15-16,28-29H2,1-2H3,(H2,27,35)(H,30,31)/t19-,25?,26+/m0/s1. The van der Waals surface area contributed by atoms with Gasteiger partial charge in [0.1, 0.15) is 5.75 Å². The highest BCUT2D eigenvalue weighted by atomic mass is 16.5. The number of amides is 1. The van der Waals surface area contributed by atoms with Gasteiger partial charge in [-0.15, -0.1) is 0 Å². The van der Waals surface area contributed by atoms with Crippen molar-refractivity contribution in [2.45, 2.75) is 38.1 Å². The number of aromatic nitrogens is 2. The summed E-state index contributed by atoms with van der Waals surface area (Å²) in [5, 5.41) is 9.82. The molecule has 5 rings (SSSR count). The minimum atomic E-state index is -0.557. The number of carbonyl (C=O) groups excluding carboxylic acids is 1. The highest BCUT2D eigenvalue weighted by Gasteiger charge is 2.45. The van der Waals surface area contributed by atoms with Gasteiger partial charge in [0, 0.05) is 30.7 Å². The van der Waals surface area contributed by atoms with Crippen molar-refractivity contribution >= 4 is 22.5 Å². The highest BCUT2D eigenvalue weighted by molar-refractivity contribution is 5.82. The van der Waals surface area contributed by atoms with Gasteiger partial charge in [-0.3, -0.25) is 25.5 Å². The van der Waals surface area contributed by atoms with Crippen LogP contribution in [0.25, 0.3) is 10.9 Å². The smallest absolute Gasteiger partial charge is 0.221 e. The molecular weight excluding hydrogens is 456 g/mol. The van der Waals surface area contributed by atoms with Crippen molar-refractivity contribution in [3.63, 3.8) is 0 Å². The topological polar surface area (TPSA) is 143 Å². The molecule has 2 aromatic carbocycles. The zero-order chi connectivity index (χ0) is 25.4. The number of hydrazine groups is 1. The zero-order valence-electron chi connectivity index (χ0n) is 20.7. The zero-order valence-corrected chi connectivity index (χ0v) is 20.7. The lowest BCUT2D eigenvalue weighted by Crippen LogP contribution is -2.66. The first-order valence-corrected chi connectivity index (χ1v) is 12.2. The number of aromatic amines is 1. The van der Waals surface area contributed by atoms with Gasteiger partial charge in [0.25, 0.3) is 0 Å². The van der Waals surface area contributed by atoms with E-state index in [1.54, 1.807) is 18.3 Å². The molecule has 3 heterocycles. The Labute approximate surface area is 210 Å². The van der Waals surface area contributed by atoms with Crippen molar-refractivity contribution in [1.29, 1.82) is 0 Å². The van der Waals surface area contributed by atoms with E-state index in [0.29, 0.717) is 26.1 Å². The number of ether oxygens (including phenoxy) is 1. The van der Waals surface area contributed by atoms with E-state index in [-0.39, 0.29) is 11.8 Å². The maximum absolute atomic E-state index is 12.1. The Kier molecular flexibility index (Phi) is 6.33. The summed E-state index contributed by atoms with van der Waals surface area (Å²) in [6.07, 6.45) is 4.82. The number of likely N-dealkylation sites (tertiary alicyclic amines) is 1. The lowest BCUT2D eigenvalue weighted by molar-refractivity contribution is -0.125. The number of hydrogen-bond donors (Lipinski definition) is 4. The van der Waals surface area contributed by atoms with Gasteiger partial charge in [0.15, 0.2) is 6.29 Å². The molecule has 2 aliphatic rings. The van der Waals surface area contributed by atoms with Gasteiger partial charge >= 0.3 is 0 Å². The molecule has 2 aliphatic heterocycles. The van der Waals surface area contributed by atoms with Crippen molar-refractivity contribution in [1.82, 2.24) is 20.1 Å². The predicted octanol–water partition coefficient (Wildman–Crippen LogP) is 1.85. The van der Waals surface area contributed by atoms with Crippen LogP contribution in [-0.4, -0.2) is 58.0 Å². The molecule has 1 unspecified atom stereocenters. The van der Waals surface area contributed by atoms with Crippen LogP contribution >= 0.6 is 0 Å². The molecule has 0 radical (unpaired) electrons. The molecule has 3 atom stereocenters. The number of benzene rings is 2. The largest absolute Gasteiger partial charge is 0.497 e. The highest BCUT2D eigenvalue weighted by Crippen LogP contribution is 2.40. The number of primary amides is 1. The molecule has 10 heteroatoms. The van der Waals surface area contributed by atoms with Crippen molar-refractivity contribution in [3.8, 4) is 5.75 Å². The van der Waals surface area contributed by atoms with Gasteiger partial charge in [-0.2, -0.15) is 5.10 Å². The number of nitrogens with two attached hydrogens (primary N) is 3. The number of hydrogen-bond acceptors (Lipinski definition) is 8. The summed E-state index contributed by atoms with van der Waals surface area (Å²) in [5.41, 5.74) is 16.0. The van der Waals surface area contributed by atoms with E-state index in [1.165, 1.54) is 0 Å². The summed E-state index contributed by atoms with van der Waals surface area (Å²) in [4.78, 5) is 16.5. The number of rotatable bonds is 6. The van der Waals surface area contributed by atoms with Gasteiger partial charge in [-0.25, -0.2) is 5.84 Å². The summed E-state index contributed by atoms with van der Waals surface area (Å²) >= 11 is 0. The van der Waals surface area contributed by atoms with Crippen LogP contribution < -0.4 is 26.9 Å². The third kappa shape index (κ3) is 4.27. The molecule has 3 aromatic rings. The molecule has 190 valence electrons. The fourth-order valence-electron chi connectivity index (χ4n) is 5.44. The molecule has 1 aromatic heterocycles. The number of piperidine rings is 1. The normalized spacial score (nSPS) is 25.2. The third-order valence-corrected chi connectivity index (χ3v) is 7.73. The monoisotopic (exact) mass is 490 g/mol. The fourth-order valence-corrected chi connectivity index (χ4v) is 5.44. The number of nitrogens with one attached hydrogen (secondary N) is 1. The summed E-state index contributed by atoms with van der Waals surface area (Å²) in [6, 6.07) is 14.1. The first kappa shape index (κ1) is 24.1. The van der Waals surface area contributed by atoms with E-state index in [0.717, 1.165) is 40.0 Å². The van der Waals surface area contributed by atoms with E-state index in [9.17, 15) is 4.79 Å². The Morgan fingerprint density at radius 1 is 1.25 bits per heavy atom. The van der Waals surface area contributed by atoms with Crippen molar-refractivity contribution in [2.24, 2.45) is 23.2 Å². The molecular formula is C26H34N8O2. The third-order valence-electron chi connectivity index (χ3n) is 7.73. The fraction of sp³-hybridized carbons (Fsp3) is 0.385. The SMILES string of the molecule is COc1ccc(CN2C[C@@H](C(N)=O)CC[C@]2(C)C2=CCN(c3ccc4cn[nH]c4c3)C(N)N2N)cc1. The first-order chi connectivity index (χ1) is 17.3. The van der Waals surface area contributed by atoms with Gasteiger partial charge < -0.3 is 15.4 Å². The molecule has 0 aliphatic carbocycles. The maximum atomic E-state index is 12.1. The molecule has 0 spiro atoms. The van der Waals surface area contributed by atoms with Gasteiger partial charge in [-0.1, -0.05) is 12.1 Å². The van der Waals surface area contributed by atoms with Crippen LogP contribution in [0.15, 0.2) is 60.4 Å². The van der Waals surface area contributed by atoms with E-state index in [1.807, 2.05) is 42.5 Å². The molecule has 0 bridgehead atoms. The predicted molar refractivity (Wildman–Crippen MR) is 139 cm³/mol. The first-order valence-electron chi connectivity index (χ1n) is 12.2. The Hall–Kier alpha value is -3.60. The van der Waals surface area contributed by atoms with Crippen molar-refractivity contribution in [2.75, 3.05) is 25.1 Å². The molecule has 0 saturated carbocycles. The average molecular weight is 491 g/mol. The van der Waals surface area contributed by atoms with Gasteiger partial charge in [-0.05, 0) is 61.7 Å². The number of fused-ring (bicyclic) bond motifs is 1. The molecule has 1 saturated heterocycles. The van der Waals surface area contributed by atoms with Crippen molar-refractivity contribution in [3.05, 3.63) is 66.0 Å². The Morgan fingerprint density at radius 3 is 2.75 bits per heavy atom. The van der Waals surface area contributed by atoms with E-state index in [4.69, 9.17) is 22.0 Å². The van der Waals surface area contributed by atoms with Crippen LogP contribution in [0.5, 0.6) is 5.75 Å². The quantitative estimate of drug-likeness (QED) is 0.384. The molecule has 1 fully saturated rings. The van der Waals surface area contributed by atoms with E-state index in [2.05, 4.69) is 33.0 Å². The Morgan fingerprint density at radius 2 is 2.03 bits per heavy atom. The minimum Gasteiger partial charge on any atom is -0.497 e. The number of methoxy groups -OCH3 is 1. The van der Waals surface area contributed by atoms with E-state index < -0.39 is 11.8 Å². The maximum Gasteiger partial charge on any atom is 0.221 e. The van der Waals surface area contributed by atoms with Crippen LogP contribution in [0.2, 0.25) is 0 Å². The molecule has 1 amide bonds. The molecule has 36 heavy (non-hydrogen) atoms. The number of carbonyl (C=O) groups is 1. The van der Waals surface area contributed by atoms with Crippen molar-refractivity contribution < 1.29 is 9.53 Å². The molecule has 10 nitrogen and oxygen atoms in total. The lowest BCUT2D eigenvalue weighted by atomic mass is 9.79. The van der Waals surface area contributed by atoms with Crippen LogP contribution in [0, 0.1) is 5.92 Å². The number of H-pyrrole nitrogens is 1. The van der Waals surface area contributed by atoms with Crippen LogP contribution in [-0.2, 0) is 11.3 Å². The van der Waals surface area contributed by atoms with Crippen LogP contribution in [0.1, 0.15) is 25.3 Å².